The zero-order valence-electron chi connectivity index (χ0n) is 24.8. The first-order valence-electron chi connectivity index (χ1n) is 15.1. The summed E-state index contributed by atoms with van der Waals surface area (Å²) in [4.78, 5) is 12.8. The average Bonchev–Trinajstić information content (AvgIpc) is 3.10. The number of rotatable bonds is 17. The van der Waals surface area contributed by atoms with Crippen LogP contribution in [0.4, 0.5) is 0 Å². The second-order valence-corrected chi connectivity index (χ2v) is 13.4. The van der Waals surface area contributed by atoms with Gasteiger partial charge in [0, 0.05) is 0 Å². The molecule has 0 aromatic heterocycles. The molecule has 1 fully saturated rings. The zero-order chi connectivity index (χ0) is 30.2. The summed E-state index contributed by atoms with van der Waals surface area (Å²) >= 11 is 3.78. The molecule has 44 heavy (non-hydrogen) atoms. The molecule has 5 nitrogen and oxygen atoms in total. The summed E-state index contributed by atoms with van der Waals surface area (Å²) in [6.07, 6.45) is -0.537. The quantitative estimate of drug-likeness (QED) is 0.111. The Balaban J connectivity index is 1.47. The maximum Gasteiger partial charge on any atom is 0.151 e. The predicted octanol–water partition coefficient (Wildman–Crippen LogP) is 7.72. The Bertz CT molecular complexity index is 1340. The maximum absolute atomic E-state index is 12.8. The Labute approximate surface area is 269 Å². The van der Waals surface area contributed by atoms with Crippen molar-refractivity contribution in [2.45, 2.75) is 61.8 Å². The molecule has 1 aliphatic heterocycles. The molecule has 0 amide bonds. The maximum atomic E-state index is 12.8. The second kappa shape index (κ2) is 18.2. The largest absolute Gasteiger partial charge is 0.369 e. The average molecular weight is 629 g/mol. The highest BCUT2D eigenvalue weighted by molar-refractivity contribution is 8.17. The molecule has 1 heterocycles. The van der Waals surface area contributed by atoms with Crippen LogP contribution in [0.3, 0.4) is 0 Å². The molecule has 0 radical (unpaired) electrons. The summed E-state index contributed by atoms with van der Waals surface area (Å²) in [5.74, 6) is 2.09. The molecule has 4 aromatic carbocycles. The molecule has 0 spiro atoms. The van der Waals surface area contributed by atoms with Crippen LogP contribution in [-0.2, 0) is 50.2 Å². The van der Waals surface area contributed by atoms with Gasteiger partial charge in [0.05, 0.1) is 31.0 Å². The summed E-state index contributed by atoms with van der Waals surface area (Å²) in [6, 6.07) is 40.2. The fourth-order valence-electron chi connectivity index (χ4n) is 5.06. The van der Waals surface area contributed by atoms with E-state index in [0.717, 1.165) is 46.5 Å². The van der Waals surface area contributed by atoms with Gasteiger partial charge in [0.1, 0.15) is 24.4 Å². The van der Waals surface area contributed by atoms with E-state index in [1.54, 1.807) is 0 Å². The van der Waals surface area contributed by atoms with E-state index in [4.69, 9.17) is 18.9 Å². The van der Waals surface area contributed by atoms with E-state index in [0.29, 0.717) is 19.8 Å². The van der Waals surface area contributed by atoms with Crippen LogP contribution in [0.25, 0.3) is 0 Å². The van der Waals surface area contributed by atoms with Crippen LogP contribution in [0.15, 0.2) is 121 Å². The lowest BCUT2D eigenvalue weighted by molar-refractivity contribution is -0.185. The molecular formula is C37H40O5S2. The molecule has 0 bridgehead atoms. The van der Waals surface area contributed by atoms with Crippen molar-refractivity contribution in [3.8, 4) is 0 Å². The first-order chi connectivity index (χ1) is 21.8. The summed E-state index contributed by atoms with van der Waals surface area (Å²) in [7, 11) is 0. The molecular weight excluding hydrogens is 589 g/mol. The van der Waals surface area contributed by atoms with Crippen LogP contribution in [0.1, 0.15) is 28.7 Å². The Morgan fingerprint density at radius 2 is 0.932 bits per heavy atom. The van der Waals surface area contributed by atoms with Crippen molar-refractivity contribution in [1.29, 1.82) is 0 Å². The van der Waals surface area contributed by atoms with Gasteiger partial charge in [0.2, 0.25) is 0 Å². The zero-order valence-corrected chi connectivity index (χ0v) is 26.5. The van der Waals surface area contributed by atoms with Crippen molar-refractivity contribution in [2.75, 3.05) is 11.5 Å². The highest BCUT2D eigenvalue weighted by Gasteiger charge is 2.43. The molecule has 230 valence electrons. The van der Waals surface area contributed by atoms with Crippen LogP contribution in [-0.4, -0.2) is 46.8 Å². The van der Waals surface area contributed by atoms with Crippen LogP contribution in [0, 0.1) is 0 Å². The van der Waals surface area contributed by atoms with Crippen LogP contribution in [0.5, 0.6) is 0 Å². The van der Waals surface area contributed by atoms with E-state index in [9.17, 15) is 4.79 Å². The molecule has 0 aliphatic carbocycles. The van der Waals surface area contributed by atoms with Gasteiger partial charge in [-0.25, -0.2) is 0 Å². The van der Waals surface area contributed by atoms with Crippen molar-refractivity contribution in [1.82, 2.24) is 0 Å². The summed E-state index contributed by atoms with van der Waals surface area (Å²) in [5.41, 5.74) is 4.12. The highest BCUT2D eigenvalue weighted by Crippen LogP contribution is 2.38. The smallest absolute Gasteiger partial charge is 0.151 e. The van der Waals surface area contributed by atoms with Crippen molar-refractivity contribution in [3.05, 3.63) is 144 Å². The van der Waals surface area contributed by atoms with Gasteiger partial charge in [0.15, 0.2) is 6.29 Å². The van der Waals surface area contributed by atoms with E-state index in [2.05, 4.69) is 12.1 Å². The van der Waals surface area contributed by atoms with Crippen molar-refractivity contribution < 1.29 is 23.7 Å². The minimum absolute atomic E-state index is 0.109. The minimum Gasteiger partial charge on any atom is -0.369 e. The summed E-state index contributed by atoms with van der Waals surface area (Å²) < 4.78 is 26.7. The molecule has 1 aliphatic rings. The van der Waals surface area contributed by atoms with E-state index >= 15 is 0 Å². The van der Waals surface area contributed by atoms with Crippen molar-refractivity contribution in [2.24, 2.45) is 0 Å². The number of hydrogen-bond donors (Lipinski definition) is 0. The Kier molecular flexibility index (Phi) is 13.4. The van der Waals surface area contributed by atoms with Crippen LogP contribution < -0.4 is 0 Å². The third-order valence-electron chi connectivity index (χ3n) is 7.37. The number of ether oxygens (including phenoxy) is 4. The van der Waals surface area contributed by atoms with Gasteiger partial charge >= 0.3 is 0 Å². The highest BCUT2D eigenvalue weighted by atomic mass is 32.2. The molecule has 5 rings (SSSR count). The van der Waals surface area contributed by atoms with Gasteiger partial charge < -0.3 is 23.7 Å². The topological polar surface area (TPSA) is 54.0 Å². The van der Waals surface area contributed by atoms with Gasteiger partial charge in [-0.05, 0) is 40.2 Å². The van der Waals surface area contributed by atoms with Gasteiger partial charge in [0.25, 0.3) is 0 Å². The first kappa shape index (κ1) is 32.5. The summed E-state index contributed by atoms with van der Waals surface area (Å²) in [5, 5.41) is 0. The molecule has 0 N–H and O–H groups in total. The van der Waals surface area contributed by atoms with Gasteiger partial charge in [-0.3, -0.25) is 0 Å². The number of hydrogen-bond acceptors (Lipinski definition) is 7. The number of carbonyl (C=O) groups excluding carboxylic acids is 1. The van der Waals surface area contributed by atoms with E-state index in [-0.39, 0.29) is 17.3 Å². The molecule has 1 saturated heterocycles. The van der Waals surface area contributed by atoms with Crippen LogP contribution >= 0.6 is 23.5 Å². The SMILES string of the molecule is O=C[C@H](OCc1ccccc1)[C@@H](OCc1ccccc1)[C@@H](OCc1ccccc1)[C@@H](OCc1ccccc1)C1SCCCS1. The minimum atomic E-state index is -0.874. The molecule has 0 saturated carbocycles. The Morgan fingerprint density at radius 3 is 1.36 bits per heavy atom. The fraction of sp³-hybridized carbons (Fsp3) is 0.324. The third-order valence-corrected chi connectivity index (χ3v) is 10.4. The standard InChI is InChI=1S/C37H40O5S2/c38-24-33(39-25-29-14-5-1-6-15-29)34(40-26-30-16-7-2-8-17-30)35(41-27-31-18-9-3-10-19-31)36(37-43-22-13-23-44-37)42-28-32-20-11-4-12-21-32/h1-12,14-21,24,33-37H,13,22-23,25-28H2/t33-,34+,35+,36+/m0/s1. The van der Waals surface area contributed by atoms with Crippen molar-refractivity contribution in [3.63, 3.8) is 0 Å². The number of benzene rings is 4. The molecule has 4 atom stereocenters. The van der Waals surface area contributed by atoms with E-state index < -0.39 is 18.3 Å². The van der Waals surface area contributed by atoms with Gasteiger partial charge in [-0.2, -0.15) is 0 Å². The number of thioether (sulfide) groups is 2. The number of carbonyl (C=O) groups is 1. The Morgan fingerprint density at radius 1 is 0.545 bits per heavy atom. The second-order valence-electron chi connectivity index (χ2n) is 10.6. The first-order valence-corrected chi connectivity index (χ1v) is 17.2. The normalized spacial score (nSPS) is 16.5. The van der Waals surface area contributed by atoms with Gasteiger partial charge in [-0.1, -0.05) is 121 Å². The van der Waals surface area contributed by atoms with Crippen LogP contribution in [0.2, 0.25) is 0 Å². The predicted molar refractivity (Wildman–Crippen MR) is 179 cm³/mol. The lowest BCUT2D eigenvalue weighted by Gasteiger charge is -2.40. The molecule has 7 heteroatoms. The fourth-order valence-corrected chi connectivity index (χ4v) is 8.13. The summed E-state index contributed by atoms with van der Waals surface area (Å²) in [6.45, 7) is 1.37. The number of aldehydes is 1. The van der Waals surface area contributed by atoms with E-state index in [1.165, 1.54) is 0 Å². The Hall–Kier alpha value is -2.91. The molecule has 4 aromatic rings. The van der Waals surface area contributed by atoms with Crippen molar-refractivity contribution >= 4 is 29.8 Å². The lowest BCUT2D eigenvalue weighted by atomic mass is 10.0. The lowest BCUT2D eigenvalue weighted by Crippen LogP contribution is -2.53. The molecule has 0 unspecified atom stereocenters. The third kappa shape index (κ3) is 10.1. The van der Waals surface area contributed by atoms with Gasteiger partial charge in [-0.15, -0.1) is 23.5 Å². The van der Waals surface area contributed by atoms with E-state index in [1.807, 2.05) is 133 Å². The monoisotopic (exact) mass is 628 g/mol.